The van der Waals surface area contributed by atoms with Crippen LogP contribution in [-0.2, 0) is 32.6 Å². The van der Waals surface area contributed by atoms with Gasteiger partial charge >= 0.3 is 0 Å². The lowest BCUT2D eigenvalue weighted by molar-refractivity contribution is -0.140. The smallest absolute Gasteiger partial charge is 0.264 e. The molecule has 248 valence electrons. The van der Waals surface area contributed by atoms with Gasteiger partial charge in [-0.15, -0.1) is 0 Å². The predicted molar refractivity (Wildman–Crippen MR) is 190 cm³/mol. The third-order valence-electron chi connectivity index (χ3n) is 7.97. The Bertz CT molecular complexity index is 1800. The number of unbranched alkanes of at least 4 members (excludes halogenated alkanes) is 1. The molecule has 0 unspecified atom stereocenters. The maximum atomic E-state index is 14.7. The molecule has 47 heavy (non-hydrogen) atoms. The molecule has 0 fully saturated rings. The van der Waals surface area contributed by atoms with E-state index < -0.39 is 28.5 Å². The van der Waals surface area contributed by atoms with E-state index in [4.69, 9.17) is 23.2 Å². The van der Waals surface area contributed by atoms with E-state index in [9.17, 15) is 18.0 Å². The zero-order valence-electron chi connectivity index (χ0n) is 27.2. The van der Waals surface area contributed by atoms with Gasteiger partial charge in [0.15, 0.2) is 0 Å². The number of hydrogen-bond acceptors (Lipinski definition) is 4. The summed E-state index contributed by atoms with van der Waals surface area (Å²) in [7, 11) is -4.20. The summed E-state index contributed by atoms with van der Waals surface area (Å²) < 4.78 is 29.7. The number of amides is 2. The molecular weight excluding hydrogens is 653 g/mol. The number of carbonyl (C=O) groups excluding carboxylic acids is 2. The highest BCUT2D eigenvalue weighted by Gasteiger charge is 2.35. The highest BCUT2D eigenvalue weighted by molar-refractivity contribution is 7.92. The highest BCUT2D eigenvalue weighted by Crippen LogP contribution is 2.29. The molecular formula is C37H41Cl2N3O4S. The van der Waals surface area contributed by atoms with E-state index in [1.165, 1.54) is 17.0 Å². The first kappa shape index (κ1) is 36.0. The Balaban J connectivity index is 1.83. The van der Waals surface area contributed by atoms with E-state index in [1.807, 2.05) is 70.2 Å². The maximum absolute atomic E-state index is 14.7. The number of carbonyl (C=O) groups is 2. The third-order valence-corrected chi connectivity index (χ3v) is 10.3. The van der Waals surface area contributed by atoms with Crippen molar-refractivity contribution in [2.45, 2.75) is 64.4 Å². The van der Waals surface area contributed by atoms with Gasteiger partial charge in [-0.25, -0.2) is 8.42 Å². The Morgan fingerprint density at radius 2 is 1.53 bits per heavy atom. The van der Waals surface area contributed by atoms with Crippen LogP contribution in [0.5, 0.6) is 0 Å². The standard InChI is InChI=1S/C37H41Cl2N3O4S/c1-5-6-20-40-37(44)35(22-29-10-8-7-9-11-29)41(24-30-15-16-31(38)23-33(30)39)36(43)25-42(34-19-14-27(3)21-28(34)4)47(45,46)32-17-12-26(2)13-18-32/h7-19,21,23,35H,5-6,20,22,24-25H2,1-4H3,(H,40,44)/t35-/m0/s1. The van der Waals surface area contributed by atoms with Crippen molar-refractivity contribution in [3.05, 3.63) is 129 Å². The second-order valence-electron chi connectivity index (χ2n) is 11.7. The maximum Gasteiger partial charge on any atom is 0.264 e. The van der Waals surface area contributed by atoms with Crippen LogP contribution in [0.4, 0.5) is 5.69 Å². The molecule has 0 aliphatic rings. The van der Waals surface area contributed by atoms with Crippen molar-refractivity contribution >= 4 is 50.7 Å². The van der Waals surface area contributed by atoms with Crippen molar-refractivity contribution in [3.8, 4) is 0 Å². The summed E-state index contributed by atoms with van der Waals surface area (Å²) in [6.45, 7) is 7.50. The van der Waals surface area contributed by atoms with Crippen molar-refractivity contribution < 1.29 is 18.0 Å². The van der Waals surface area contributed by atoms with Crippen LogP contribution in [-0.4, -0.2) is 44.3 Å². The normalized spacial score (nSPS) is 12.0. The number of benzene rings is 4. The Hall–Kier alpha value is -3.85. The predicted octanol–water partition coefficient (Wildman–Crippen LogP) is 7.67. The molecule has 2 amide bonds. The Kier molecular flexibility index (Phi) is 12.5. The molecule has 0 saturated heterocycles. The number of hydrogen-bond donors (Lipinski definition) is 1. The van der Waals surface area contributed by atoms with Crippen LogP contribution >= 0.6 is 23.2 Å². The lowest BCUT2D eigenvalue weighted by Crippen LogP contribution is -2.53. The van der Waals surface area contributed by atoms with Crippen LogP contribution in [0.25, 0.3) is 0 Å². The van der Waals surface area contributed by atoms with E-state index >= 15 is 0 Å². The number of anilines is 1. The molecule has 0 bridgehead atoms. The first-order chi connectivity index (χ1) is 22.4. The van der Waals surface area contributed by atoms with Crippen molar-refractivity contribution in [2.24, 2.45) is 0 Å². The van der Waals surface area contributed by atoms with Crippen LogP contribution in [0.1, 0.15) is 47.6 Å². The first-order valence-electron chi connectivity index (χ1n) is 15.6. The quantitative estimate of drug-likeness (QED) is 0.137. The number of nitrogens with zero attached hydrogens (tertiary/aromatic N) is 2. The minimum absolute atomic E-state index is 0.0428. The van der Waals surface area contributed by atoms with Gasteiger partial charge in [0, 0.05) is 29.6 Å². The summed E-state index contributed by atoms with van der Waals surface area (Å²) in [5.74, 6) is -0.890. The minimum Gasteiger partial charge on any atom is -0.354 e. The van der Waals surface area contributed by atoms with Crippen molar-refractivity contribution in [1.29, 1.82) is 0 Å². The largest absolute Gasteiger partial charge is 0.354 e. The topological polar surface area (TPSA) is 86.8 Å². The number of aryl methyl sites for hydroxylation is 3. The van der Waals surface area contributed by atoms with Gasteiger partial charge < -0.3 is 10.2 Å². The van der Waals surface area contributed by atoms with E-state index in [0.717, 1.165) is 33.8 Å². The molecule has 4 aromatic carbocycles. The van der Waals surface area contributed by atoms with Crippen molar-refractivity contribution in [3.63, 3.8) is 0 Å². The summed E-state index contributed by atoms with van der Waals surface area (Å²) in [5.41, 5.74) is 4.35. The van der Waals surface area contributed by atoms with E-state index in [2.05, 4.69) is 5.32 Å². The molecule has 1 N–H and O–H groups in total. The van der Waals surface area contributed by atoms with Crippen LogP contribution in [0.15, 0.2) is 95.9 Å². The second-order valence-corrected chi connectivity index (χ2v) is 14.4. The van der Waals surface area contributed by atoms with Gasteiger partial charge in [-0.1, -0.05) is 108 Å². The minimum atomic E-state index is -4.20. The molecule has 0 aliphatic carbocycles. The fourth-order valence-electron chi connectivity index (χ4n) is 5.33. The molecule has 0 spiro atoms. The van der Waals surface area contributed by atoms with Crippen LogP contribution in [0, 0.1) is 20.8 Å². The number of halogens is 2. The molecule has 0 saturated carbocycles. The molecule has 0 heterocycles. The summed E-state index contributed by atoms with van der Waals surface area (Å²) in [4.78, 5) is 30.1. The van der Waals surface area contributed by atoms with Gasteiger partial charge in [-0.2, -0.15) is 0 Å². The zero-order chi connectivity index (χ0) is 34.1. The zero-order valence-corrected chi connectivity index (χ0v) is 29.5. The molecule has 10 heteroatoms. The number of rotatable bonds is 14. The van der Waals surface area contributed by atoms with Crippen LogP contribution in [0.3, 0.4) is 0 Å². The summed E-state index contributed by atoms with van der Waals surface area (Å²) in [6.07, 6.45) is 1.87. The average molecular weight is 695 g/mol. The van der Waals surface area contributed by atoms with Gasteiger partial charge in [0.2, 0.25) is 11.8 Å². The van der Waals surface area contributed by atoms with Gasteiger partial charge in [0.05, 0.1) is 10.6 Å². The fourth-order valence-corrected chi connectivity index (χ4v) is 7.28. The third kappa shape index (κ3) is 9.37. The van der Waals surface area contributed by atoms with Crippen LogP contribution in [0.2, 0.25) is 10.0 Å². The van der Waals surface area contributed by atoms with E-state index in [1.54, 1.807) is 36.4 Å². The number of nitrogens with one attached hydrogen (secondary N) is 1. The molecule has 4 rings (SSSR count). The summed E-state index contributed by atoms with van der Waals surface area (Å²) in [5, 5.41) is 3.75. The second kappa shape index (κ2) is 16.3. The SMILES string of the molecule is CCCCNC(=O)[C@H](Cc1ccccc1)N(Cc1ccc(Cl)cc1Cl)C(=O)CN(c1ccc(C)cc1C)S(=O)(=O)c1ccc(C)cc1. The van der Waals surface area contributed by atoms with Crippen LogP contribution < -0.4 is 9.62 Å². The van der Waals surface area contributed by atoms with Crippen molar-refractivity contribution in [1.82, 2.24) is 10.2 Å². The molecule has 0 aromatic heterocycles. The fraction of sp³-hybridized carbons (Fsp3) is 0.297. The molecule has 0 aliphatic heterocycles. The van der Waals surface area contributed by atoms with Gasteiger partial charge in [-0.05, 0) is 74.2 Å². The monoisotopic (exact) mass is 693 g/mol. The van der Waals surface area contributed by atoms with E-state index in [-0.39, 0.29) is 23.8 Å². The molecule has 0 radical (unpaired) electrons. The number of sulfonamides is 1. The summed E-state index contributed by atoms with van der Waals surface area (Å²) >= 11 is 12.8. The molecule has 7 nitrogen and oxygen atoms in total. The Labute approximate surface area is 288 Å². The Morgan fingerprint density at radius 3 is 2.17 bits per heavy atom. The lowest BCUT2D eigenvalue weighted by atomic mass is 10.0. The highest BCUT2D eigenvalue weighted by atomic mass is 35.5. The molecule has 1 atom stereocenters. The van der Waals surface area contributed by atoms with Gasteiger partial charge in [-0.3, -0.25) is 13.9 Å². The van der Waals surface area contributed by atoms with Gasteiger partial charge in [0.1, 0.15) is 12.6 Å². The van der Waals surface area contributed by atoms with Crippen molar-refractivity contribution in [2.75, 3.05) is 17.4 Å². The Morgan fingerprint density at radius 1 is 0.851 bits per heavy atom. The lowest BCUT2D eigenvalue weighted by Gasteiger charge is -2.34. The van der Waals surface area contributed by atoms with E-state index in [0.29, 0.717) is 33.4 Å². The summed E-state index contributed by atoms with van der Waals surface area (Å²) in [6, 6.07) is 25.4. The average Bonchev–Trinajstić information content (AvgIpc) is 3.03. The molecule has 4 aromatic rings. The van der Waals surface area contributed by atoms with Gasteiger partial charge in [0.25, 0.3) is 10.0 Å². The first-order valence-corrected chi connectivity index (χ1v) is 17.8.